The first kappa shape index (κ1) is 28.6. The molecule has 0 bridgehead atoms. The third-order valence-electron chi connectivity index (χ3n) is 9.46. The molecule has 5 heteroatoms. The molecule has 0 radical (unpaired) electrons. The summed E-state index contributed by atoms with van der Waals surface area (Å²) in [6, 6.07) is 59.7. The van der Waals surface area contributed by atoms with E-state index in [-0.39, 0.29) is 0 Å². The van der Waals surface area contributed by atoms with Gasteiger partial charge in [0.25, 0.3) is 0 Å². The van der Waals surface area contributed by atoms with E-state index in [1.54, 1.807) is 0 Å². The van der Waals surface area contributed by atoms with E-state index in [1.807, 2.05) is 72.0 Å². The van der Waals surface area contributed by atoms with Crippen LogP contribution in [0.1, 0.15) is 0 Å². The smallest absolute Gasteiger partial charge is 0.164 e. The Kier molecular flexibility index (Phi) is 6.64. The molecular weight excluding hydrogens is 629 g/mol. The lowest BCUT2D eigenvalue weighted by Crippen LogP contribution is -1.99. The highest BCUT2D eigenvalue weighted by Crippen LogP contribution is 2.43. The SMILES string of the molecule is c1ccc(-c2nc(-c3ccccc3)nc(-c3ccc4c(c3)sc3c(-c5ccc6c7ccccc7n(-c7ccccc7)c6c5)cccc34)n2)cc1. The molecule has 0 N–H and O–H groups in total. The van der Waals surface area contributed by atoms with E-state index >= 15 is 0 Å². The molecule has 10 rings (SSSR count). The summed E-state index contributed by atoms with van der Waals surface area (Å²) < 4.78 is 4.85. The number of hydrogen-bond acceptors (Lipinski definition) is 4. The molecule has 234 valence electrons. The molecule has 0 saturated carbocycles. The van der Waals surface area contributed by atoms with Crippen LogP contribution in [-0.2, 0) is 0 Å². The summed E-state index contributed by atoms with van der Waals surface area (Å²) in [5.41, 5.74) is 8.90. The van der Waals surface area contributed by atoms with Crippen LogP contribution in [0.25, 0.3) is 93.0 Å². The molecule has 10 aromatic rings. The van der Waals surface area contributed by atoms with Gasteiger partial charge in [-0.1, -0.05) is 140 Å². The highest BCUT2D eigenvalue weighted by molar-refractivity contribution is 7.26. The first-order valence-electron chi connectivity index (χ1n) is 16.7. The lowest BCUT2D eigenvalue weighted by Gasteiger charge is -2.09. The molecule has 0 aliphatic carbocycles. The third-order valence-corrected chi connectivity index (χ3v) is 10.7. The number of rotatable bonds is 5. The minimum absolute atomic E-state index is 0.663. The van der Waals surface area contributed by atoms with Gasteiger partial charge in [-0.15, -0.1) is 11.3 Å². The van der Waals surface area contributed by atoms with Crippen molar-refractivity contribution in [1.29, 1.82) is 0 Å². The average molecular weight is 657 g/mol. The van der Waals surface area contributed by atoms with Crippen molar-refractivity contribution in [3.8, 4) is 51.0 Å². The van der Waals surface area contributed by atoms with Gasteiger partial charge in [-0.05, 0) is 41.5 Å². The second-order valence-corrected chi connectivity index (χ2v) is 13.5. The maximum Gasteiger partial charge on any atom is 0.164 e. The highest BCUT2D eigenvalue weighted by Gasteiger charge is 2.17. The van der Waals surface area contributed by atoms with Crippen molar-refractivity contribution < 1.29 is 0 Å². The fraction of sp³-hybridized carbons (Fsp3) is 0. The molecule has 0 aliphatic rings. The summed E-state index contributed by atoms with van der Waals surface area (Å²) in [4.78, 5) is 14.9. The second kappa shape index (κ2) is 11.6. The average Bonchev–Trinajstić information content (AvgIpc) is 3.74. The van der Waals surface area contributed by atoms with Crippen LogP contribution in [0.5, 0.6) is 0 Å². The molecule has 4 nitrogen and oxygen atoms in total. The Balaban J connectivity index is 1.13. The van der Waals surface area contributed by atoms with Gasteiger partial charge >= 0.3 is 0 Å². The van der Waals surface area contributed by atoms with Crippen LogP contribution in [0, 0.1) is 0 Å². The van der Waals surface area contributed by atoms with Crippen molar-refractivity contribution in [2.45, 2.75) is 0 Å². The van der Waals surface area contributed by atoms with Gasteiger partial charge in [0.2, 0.25) is 0 Å². The number of nitrogens with zero attached hydrogens (tertiary/aromatic N) is 4. The van der Waals surface area contributed by atoms with Gasteiger partial charge in [-0.2, -0.15) is 0 Å². The van der Waals surface area contributed by atoms with Crippen LogP contribution in [0.15, 0.2) is 170 Å². The quantitative estimate of drug-likeness (QED) is 0.185. The van der Waals surface area contributed by atoms with E-state index in [9.17, 15) is 0 Å². The lowest BCUT2D eigenvalue weighted by molar-refractivity contribution is 1.07. The number of benzene rings is 7. The highest BCUT2D eigenvalue weighted by atomic mass is 32.1. The van der Waals surface area contributed by atoms with Gasteiger partial charge in [0.1, 0.15) is 0 Å². The van der Waals surface area contributed by atoms with E-state index in [1.165, 1.54) is 53.1 Å². The fourth-order valence-corrected chi connectivity index (χ4v) is 8.37. The van der Waals surface area contributed by atoms with Gasteiger partial charge < -0.3 is 4.57 Å². The molecule has 0 fully saturated rings. The minimum atomic E-state index is 0.663. The summed E-state index contributed by atoms with van der Waals surface area (Å²) in [7, 11) is 0. The number of aromatic nitrogens is 4. The van der Waals surface area contributed by atoms with Crippen LogP contribution < -0.4 is 0 Å². The summed E-state index contributed by atoms with van der Waals surface area (Å²) in [6.45, 7) is 0. The van der Waals surface area contributed by atoms with E-state index in [4.69, 9.17) is 15.0 Å². The maximum absolute atomic E-state index is 4.99. The van der Waals surface area contributed by atoms with Gasteiger partial charge in [0.05, 0.1) is 11.0 Å². The molecule has 3 aromatic heterocycles. The molecule has 0 saturated heterocycles. The van der Waals surface area contributed by atoms with Crippen molar-refractivity contribution in [2.75, 3.05) is 0 Å². The topological polar surface area (TPSA) is 43.6 Å². The Morgan fingerprint density at radius 2 is 0.940 bits per heavy atom. The largest absolute Gasteiger partial charge is 0.309 e. The second-order valence-electron chi connectivity index (χ2n) is 12.5. The molecule has 50 heavy (non-hydrogen) atoms. The normalized spacial score (nSPS) is 11.6. The molecule has 0 aliphatic heterocycles. The molecule has 0 amide bonds. The number of hydrogen-bond donors (Lipinski definition) is 0. The molecule has 0 spiro atoms. The Hall–Kier alpha value is -6.43. The Morgan fingerprint density at radius 3 is 1.66 bits per heavy atom. The van der Waals surface area contributed by atoms with Crippen LogP contribution in [0.4, 0.5) is 0 Å². The summed E-state index contributed by atoms with van der Waals surface area (Å²) in [5, 5.41) is 5.00. The fourth-order valence-electron chi connectivity index (χ4n) is 7.10. The van der Waals surface area contributed by atoms with Crippen molar-refractivity contribution in [1.82, 2.24) is 19.5 Å². The Morgan fingerprint density at radius 1 is 0.380 bits per heavy atom. The minimum Gasteiger partial charge on any atom is -0.309 e. The predicted octanol–water partition coefficient (Wildman–Crippen LogP) is 12.0. The van der Waals surface area contributed by atoms with Gasteiger partial charge in [0.15, 0.2) is 17.5 Å². The van der Waals surface area contributed by atoms with E-state index in [0.29, 0.717) is 17.5 Å². The Labute approximate surface area is 292 Å². The molecular formula is C45H28N4S. The van der Waals surface area contributed by atoms with E-state index < -0.39 is 0 Å². The van der Waals surface area contributed by atoms with Crippen LogP contribution >= 0.6 is 11.3 Å². The van der Waals surface area contributed by atoms with Gasteiger partial charge in [-0.3, -0.25) is 0 Å². The lowest BCUT2D eigenvalue weighted by atomic mass is 10.0. The molecule has 0 unspecified atom stereocenters. The van der Waals surface area contributed by atoms with E-state index in [0.717, 1.165) is 22.4 Å². The predicted molar refractivity (Wildman–Crippen MR) is 209 cm³/mol. The molecule has 3 heterocycles. The van der Waals surface area contributed by atoms with Gasteiger partial charge in [0, 0.05) is 53.3 Å². The standard InChI is InChI=1S/C45H28N4S/c1-4-13-29(14-5-1)43-46-44(30-15-6-2-7-16-30)48-45(47-43)32-24-26-37-38-21-12-20-34(42(38)50-41(37)28-32)31-23-25-36-35-19-10-11-22-39(35)49(40(36)27-31)33-17-8-3-9-18-33/h1-28H. The monoisotopic (exact) mass is 656 g/mol. The number of thiophene rings is 1. The van der Waals surface area contributed by atoms with Gasteiger partial charge in [-0.25, -0.2) is 15.0 Å². The van der Waals surface area contributed by atoms with Crippen molar-refractivity contribution in [3.63, 3.8) is 0 Å². The van der Waals surface area contributed by atoms with Crippen LogP contribution in [0.3, 0.4) is 0 Å². The van der Waals surface area contributed by atoms with Crippen molar-refractivity contribution in [2.24, 2.45) is 0 Å². The number of para-hydroxylation sites is 2. The number of fused-ring (bicyclic) bond motifs is 6. The first-order chi connectivity index (χ1) is 24.8. The van der Waals surface area contributed by atoms with Crippen molar-refractivity contribution in [3.05, 3.63) is 170 Å². The molecule has 0 atom stereocenters. The van der Waals surface area contributed by atoms with Crippen molar-refractivity contribution >= 4 is 53.3 Å². The van der Waals surface area contributed by atoms with E-state index in [2.05, 4.69) is 114 Å². The van der Waals surface area contributed by atoms with Crippen LogP contribution in [0.2, 0.25) is 0 Å². The third kappa shape index (κ3) is 4.71. The first-order valence-corrected chi connectivity index (χ1v) is 17.5. The Bertz CT molecular complexity index is 2800. The maximum atomic E-state index is 4.99. The zero-order valence-corrected chi connectivity index (χ0v) is 27.7. The summed E-state index contributed by atoms with van der Waals surface area (Å²) in [6.07, 6.45) is 0. The molecule has 7 aromatic carbocycles. The van der Waals surface area contributed by atoms with Crippen LogP contribution in [-0.4, -0.2) is 19.5 Å². The summed E-state index contributed by atoms with van der Waals surface area (Å²) in [5.74, 6) is 1.99. The zero-order chi connectivity index (χ0) is 33.0. The zero-order valence-electron chi connectivity index (χ0n) is 26.9. The summed E-state index contributed by atoms with van der Waals surface area (Å²) >= 11 is 1.83.